The molecule has 2 aromatic carbocycles. The van der Waals surface area contributed by atoms with Gasteiger partial charge in [0.1, 0.15) is 0 Å². The molecule has 0 amide bonds. The lowest BCUT2D eigenvalue weighted by Crippen LogP contribution is -2.77. The van der Waals surface area contributed by atoms with Crippen LogP contribution in [0, 0.1) is 0 Å². The molecule has 24 heavy (non-hydrogen) atoms. The minimum atomic E-state index is -0.633. The van der Waals surface area contributed by atoms with Gasteiger partial charge in [0.05, 0.1) is 6.61 Å². The highest BCUT2D eigenvalue weighted by Crippen LogP contribution is 2.20. The lowest BCUT2D eigenvalue weighted by molar-refractivity contribution is -0.453. The number of carbonyl (C=O) groups is 1. The van der Waals surface area contributed by atoms with Crippen molar-refractivity contribution in [2.24, 2.45) is 0 Å². The maximum atomic E-state index is 13.0. The number of carbonyl (C=O) groups excluding carboxylic acids is 1. The van der Waals surface area contributed by atoms with Crippen molar-refractivity contribution >= 4 is 11.5 Å². The van der Waals surface area contributed by atoms with Gasteiger partial charge in [-0.25, -0.2) is 0 Å². The van der Waals surface area contributed by atoms with Crippen LogP contribution in [0.4, 0.5) is 5.69 Å². The Labute approximate surface area is 144 Å². The lowest BCUT2D eigenvalue weighted by Gasteiger charge is -2.23. The zero-order valence-electron chi connectivity index (χ0n) is 14.5. The molecule has 128 valence electrons. The third-order valence-electron chi connectivity index (χ3n) is 4.33. The van der Waals surface area contributed by atoms with Crippen LogP contribution in [0.2, 0.25) is 0 Å². The third-order valence-corrected chi connectivity index (χ3v) is 4.33. The number of ether oxygens (including phenoxy) is 1. The van der Waals surface area contributed by atoms with E-state index >= 15 is 0 Å². The molecule has 0 fully saturated rings. The monoisotopic (exact) mass is 327 g/mol. The van der Waals surface area contributed by atoms with Gasteiger partial charge in [-0.15, -0.1) is 0 Å². The van der Waals surface area contributed by atoms with Gasteiger partial charge < -0.3 is 15.8 Å². The van der Waals surface area contributed by atoms with Crippen LogP contribution in [-0.2, 0) is 11.2 Å². The van der Waals surface area contributed by atoms with Crippen molar-refractivity contribution in [3.05, 3.63) is 65.7 Å². The minimum Gasteiger partial charge on any atom is -0.383 e. The minimum absolute atomic E-state index is 0.0947. The Morgan fingerprint density at radius 3 is 2.38 bits per heavy atom. The first-order valence-electron chi connectivity index (χ1n) is 8.36. The molecule has 4 N–H and O–H groups in total. The summed E-state index contributed by atoms with van der Waals surface area (Å²) in [6.45, 7) is 3.41. The molecule has 0 radical (unpaired) electrons. The number of nitrogens with one attached hydrogen (secondary N) is 1. The molecule has 0 saturated heterocycles. The molecule has 4 heteroatoms. The van der Waals surface area contributed by atoms with E-state index in [1.807, 2.05) is 61.5 Å². The van der Waals surface area contributed by atoms with Gasteiger partial charge in [0.15, 0.2) is 5.54 Å². The second-order valence-electron chi connectivity index (χ2n) is 6.12. The van der Waals surface area contributed by atoms with E-state index in [1.54, 1.807) is 7.11 Å². The predicted octanol–water partition coefficient (Wildman–Crippen LogP) is 2.56. The average Bonchev–Trinajstić information content (AvgIpc) is 2.62. The van der Waals surface area contributed by atoms with E-state index in [2.05, 4.69) is 11.1 Å². The molecule has 1 unspecified atom stereocenters. The number of quaternary nitrogens is 1. The van der Waals surface area contributed by atoms with Crippen LogP contribution in [0.1, 0.15) is 29.3 Å². The molecular weight excluding hydrogens is 300 g/mol. The number of hydrogen-bond acceptors (Lipinski definition) is 3. The molecule has 1 atom stereocenters. The van der Waals surface area contributed by atoms with E-state index in [9.17, 15) is 4.79 Å². The van der Waals surface area contributed by atoms with E-state index < -0.39 is 5.54 Å². The summed E-state index contributed by atoms with van der Waals surface area (Å²) in [5.74, 6) is 0.0947. The van der Waals surface area contributed by atoms with Crippen LogP contribution >= 0.6 is 0 Å². The number of methoxy groups -OCH3 is 1. The second kappa shape index (κ2) is 8.62. The molecule has 4 nitrogen and oxygen atoms in total. The van der Waals surface area contributed by atoms with Gasteiger partial charge in [0.2, 0.25) is 5.78 Å². The summed E-state index contributed by atoms with van der Waals surface area (Å²) in [5.41, 5.74) is 6.46. The Morgan fingerprint density at radius 1 is 1.12 bits per heavy atom. The molecule has 0 aliphatic carbocycles. The van der Waals surface area contributed by atoms with Crippen LogP contribution in [0.5, 0.6) is 0 Å². The lowest BCUT2D eigenvalue weighted by atomic mass is 9.82. The molecule has 2 rings (SSSR count). The maximum absolute atomic E-state index is 13.0. The highest BCUT2D eigenvalue weighted by Gasteiger charge is 2.37. The first-order chi connectivity index (χ1) is 11.6. The zero-order chi connectivity index (χ0) is 17.4. The topological polar surface area (TPSA) is 66.0 Å². The normalized spacial score (nSPS) is 13.3. The van der Waals surface area contributed by atoms with Crippen LogP contribution in [0.15, 0.2) is 54.6 Å². The molecule has 0 aromatic heterocycles. The van der Waals surface area contributed by atoms with Crippen molar-refractivity contribution in [3.8, 4) is 0 Å². The van der Waals surface area contributed by atoms with Gasteiger partial charge in [-0.2, -0.15) is 0 Å². The van der Waals surface area contributed by atoms with Gasteiger partial charge in [-0.05, 0) is 29.8 Å². The van der Waals surface area contributed by atoms with Gasteiger partial charge in [0, 0.05) is 37.7 Å². The third kappa shape index (κ3) is 4.66. The van der Waals surface area contributed by atoms with Gasteiger partial charge in [-0.3, -0.25) is 4.79 Å². The Morgan fingerprint density at radius 2 is 1.79 bits per heavy atom. The van der Waals surface area contributed by atoms with Gasteiger partial charge >= 0.3 is 0 Å². The maximum Gasteiger partial charge on any atom is 0.223 e. The van der Waals surface area contributed by atoms with Crippen molar-refractivity contribution in [3.63, 3.8) is 0 Å². The number of benzene rings is 2. The van der Waals surface area contributed by atoms with Crippen molar-refractivity contribution < 1.29 is 15.3 Å². The quantitative estimate of drug-likeness (QED) is 0.549. The number of hydrogen-bond donors (Lipinski definition) is 2. The van der Waals surface area contributed by atoms with Crippen molar-refractivity contribution in [1.29, 1.82) is 0 Å². The average molecular weight is 327 g/mol. The second-order valence-corrected chi connectivity index (χ2v) is 6.12. The van der Waals surface area contributed by atoms with E-state index in [0.717, 1.165) is 17.8 Å². The van der Waals surface area contributed by atoms with Crippen LogP contribution < -0.4 is 11.1 Å². The van der Waals surface area contributed by atoms with Gasteiger partial charge in [-0.1, -0.05) is 37.3 Å². The highest BCUT2D eigenvalue weighted by atomic mass is 16.5. The summed E-state index contributed by atoms with van der Waals surface area (Å²) in [5, 5.41) is 3.25. The van der Waals surface area contributed by atoms with Crippen LogP contribution in [-0.4, -0.2) is 31.6 Å². The zero-order valence-corrected chi connectivity index (χ0v) is 14.5. The summed E-state index contributed by atoms with van der Waals surface area (Å²) in [7, 11) is 1.68. The van der Waals surface area contributed by atoms with Crippen LogP contribution in [0.3, 0.4) is 0 Å². The van der Waals surface area contributed by atoms with E-state index in [4.69, 9.17) is 4.74 Å². The standard InChI is InChI=1S/C20H26N2O2/c1-3-20(21,15-16-7-5-4-6-8-16)19(23)17-9-11-18(12-10-17)22-13-14-24-2/h4-12,22H,3,13-15,21H2,1-2H3/p+1. The molecule has 2 aromatic rings. The smallest absolute Gasteiger partial charge is 0.223 e. The predicted molar refractivity (Wildman–Crippen MR) is 97.2 cm³/mol. The number of anilines is 1. The number of Topliss-reactive ketones (excluding diaryl/α,β-unsaturated/α-hetero) is 1. The Balaban J connectivity index is 2.10. The van der Waals surface area contributed by atoms with Gasteiger partial charge in [0.25, 0.3) is 0 Å². The fourth-order valence-electron chi connectivity index (χ4n) is 2.70. The molecular formula is C20H27N2O2+. The highest BCUT2D eigenvalue weighted by molar-refractivity contribution is 6.02. The summed E-state index contributed by atoms with van der Waals surface area (Å²) in [6, 6.07) is 17.7. The molecule has 0 spiro atoms. The summed E-state index contributed by atoms with van der Waals surface area (Å²) >= 11 is 0. The molecule has 0 aliphatic heterocycles. The summed E-state index contributed by atoms with van der Waals surface area (Å²) in [6.07, 6.45) is 1.35. The Hall–Kier alpha value is -2.17. The molecule has 0 heterocycles. The summed E-state index contributed by atoms with van der Waals surface area (Å²) in [4.78, 5) is 13.0. The van der Waals surface area contributed by atoms with E-state index in [-0.39, 0.29) is 5.78 Å². The van der Waals surface area contributed by atoms with Crippen molar-refractivity contribution in [2.45, 2.75) is 25.3 Å². The SMILES string of the molecule is CCC([NH3+])(Cc1ccccc1)C(=O)c1ccc(NCCOC)cc1. The molecule has 0 aliphatic rings. The fraction of sp³-hybridized carbons (Fsp3) is 0.350. The molecule has 0 saturated carbocycles. The molecule has 0 bridgehead atoms. The van der Waals surface area contributed by atoms with E-state index in [0.29, 0.717) is 25.0 Å². The van der Waals surface area contributed by atoms with Crippen LogP contribution in [0.25, 0.3) is 0 Å². The van der Waals surface area contributed by atoms with Crippen molar-refractivity contribution in [2.75, 3.05) is 25.6 Å². The Bertz CT molecular complexity index is 640. The Kier molecular flexibility index (Phi) is 6.53. The number of rotatable bonds is 9. The first kappa shape index (κ1) is 18.2. The fourth-order valence-corrected chi connectivity index (χ4v) is 2.70. The van der Waals surface area contributed by atoms with Crippen molar-refractivity contribution in [1.82, 2.24) is 0 Å². The number of ketones is 1. The summed E-state index contributed by atoms with van der Waals surface area (Å²) < 4.78 is 5.02. The largest absolute Gasteiger partial charge is 0.383 e. The van der Waals surface area contributed by atoms with E-state index in [1.165, 1.54) is 0 Å². The first-order valence-corrected chi connectivity index (χ1v) is 8.36.